The highest BCUT2D eigenvalue weighted by Crippen LogP contribution is 2.51. The maximum Gasteiger partial charge on any atom is 0.433 e. The van der Waals surface area contributed by atoms with Crippen molar-refractivity contribution in [1.82, 2.24) is 0 Å². The van der Waals surface area contributed by atoms with Crippen molar-refractivity contribution in [3.8, 4) is 0 Å². The Bertz CT molecular complexity index is 248. The van der Waals surface area contributed by atoms with Gasteiger partial charge in [-0.15, -0.1) is 6.58 Å². The molecule has 0 heterocycles. The van der Waals surface area contributed by atoms with Crippen molar-refractivity contribution in [1.29, 1.82) is 0 Å². The summed E-state index contributed by atoms with van der Waals surface area (Å²) >= 11 is 0. The summed E-state index contributed by atoms with van der Waals surface area (Å²) in [5.41, 5.74) is 0. The highest BCUT2D eigenvalue weighted by Gasteiger charge is 2.25. The van der Waals surface area contributed by atoms with E-state index in [0.717, 1.165) is 0 Å². The Balaban J connectivity index is 4.51. The van der Waals surface area contributed by atoms with Gasteiger partial charge >= 0.3 is 7.60 Å². The molecule has 0 N–H and O–H groups in total. The SMILES string of the molecule is C=CCP(=O)(OC(=C)C)OC(=C)C. The lowest BCUT2D eigenvalue weighted by Crippen LogP contribution is -1.95. The van der Waals surface area contributed by atoms with Gasteiger partial charge in [0.25, 0.3) is 0 Å². The Morgan fingerprint density at radius 2 is 1.69 bits per heavy atom. The molecule has 0 aliphatic rings. The number of hydrogen-bond donors (Lipinski definition) is 0. The topological polar surface area (TPSA) is 35.5 Å². The first kappa shape index (κ1) is 12.0. The minimum Gasteiger partial charge on any atom is -0.421 e. The van der Waals surface area contributed by atoms with Gasteiger partial charge in [0.2, 0.25) is 0 Å². The number of allylic oxidation sites excluding steroid dienone is 3. The van der Waals surface area contributed by atoms with E-state index in [0.29, 0.717) is 11.5 Å². The van der Waals surface area contributed by atoms with E-state index in [-0.39, 0.29) is 6.16 Å². The lowest BCUT2D eigenvalue weighted by atomic mass is 10.7. The maximum atomic E-state index is 11.8. The largest absolute Gasteiger partial charge is 0.433 e. The van der Waals surface area contributed by atoms with Crippen LogP contribution in [0.3, 0.4) is 0 Å². The van der Waals surface area contributed by atoms with Gasteiger partial charge in [-0.25, -0.2) is 4.57 Å². The zero-order chi connectivity index (χ0) is 10.5. The second-order valence-corrected chi connectivity index (χ2v) is 4.62. The van der Waals surface area contributed by atoms with Crippen LogP contribution >= 0.6 is 7.60 Å². The number of hydrogen-bond acceptors (Lipinski definition) is 3. The van der Waals surface area contributed by atoms with Crippen molar-refractivity contribution in [3.05, 3.63) is 37.3 Å². The second-order valence-electron chi connectivity index (χ2n) is 2.67. The molecule has 0 aliphatic carbocycles. The summed E-state index contributed by atoms with van der Waals surface area (Å²) in [5, 5.41) is 0. The van der Waals surface area contributed by atoms with E-state index in [2.05, 4.69) is 19.7 Å². The fourth-order valence-electron chi connectivity index (χ4n) is 0.726. The van der Waals surface area contributed by atoms with E-state index in [9.17, 15) is 4.57 Å². The smallest absolute Gasteiger partial charge is 0.421 e. The molecule has 0 saturated heterocycles. The van der Waals surface area contributed by atoms with Crippen LogP contribution in [-0.4, -0.2) is 6.16 Å². The molecule has 0 aromatic heterocycles. The van der Waals surface area contributed by atoms with Crippen LogP contribution in [0.2, 0.25) is 0 Å². The van der Waals surface area contributed by atoms with E-state index >= 15 is 0 Å². The van der Waals surface area contributed by atoms with Crippen LogP contribution in [0, 0.1) is 0 Å². The average molecular weight is 202 g/mol. The summed E-state index contributed by atoms with van der Waals surface area (Å²) in [6, 6.07) is 0. The van der Waals surface area contributed by atoms with Gasteiger partial charge in [-0.1, -0.05) is 19.2 Å². The normalized spacial score (nSPS) is 10.3. The summed E-state index contributed by atoms with van der Waals surface area (Å²) in [7, 11) is -3.15. The zero-order valence-corrected chi connectivity index (χ0v) is 8.97. The molecule has 13 heavy (non-hydrogen) atoms. The van der Waals surface area contributed by atoms with Crippen molar-refractivity contribution in [2.24, 2.45) is 0 Å². The zero-order valence-electron chi connectivity index (χ0n) is 8.08. The fourth-order valence-corrected chi connectivity index (χ4v) is 2.18. The molecule has 3 nitrogen and oxygen atoms in total. The number of rotatable bonds is 6. The molecule has 0 saturated carbocycles. The van der Waals surface area contributed by atoms with Crippen molar-refractivity contribution >= 4 is 7.60 Å². The molecule has 0 aromatic rings. The van der Waals surface area contributed by atoms with E-state index in [1.807, 2.05) is 0 Å². The third kappa shape index (κ3) is 5.31. The third-order valence-corrected chi connectivity index (χ3v) is 2.83. The summed E-state index contributed by atoms with van der Waals surface area (Å²) in [6.45, 7) is 13.7. The standard InChI is InChI=1S/C9H15O3P/c1-6-7-13(10,11-8(2)3)12-9(4)5/h6H,1-2,4,7H2,3,5H3. The van der Waals surface area contributed by atoms with Crippen LogP contribution in [-0.2, 0) is 13.6 Å². The van der Waals surface area contributed by atoms with Crippen LogP contribution in [0.5, 0.6) is 0 Å². The third-order valence-electron chi connectivity index (χ3n) is 0.943. The van der Waals surface area contributed by atoms with Crippen LogP contribution in [0.25, 0.3) is 0 Å². The minimum absolute atomic E-state index is 0.146. The predicted octanol–water partition coefficient (Wildman–Crippen LogP) is 3.47. The first-order chi connectivity index (χ1) is 5.89. The van der Waals surface area contributed by atoms with Crippen LogP contribution in [0.15, 0.2) is 37.3 Å². The molecule has 0 fully saturated rings. The molecule has 0 radical (unpaired) electrons. The molecule has 0 unspecified atom stereocenters. The van der Waals surface area contributed by atoms with Crippen LogP contribution < -0.4 is 0 Å². The molecule has 0 amide bonds. The average Bonchev–Trinajstić information content (AvgIpc) is 1.81. The highest BCUT2D eigenvalue weighted by atomic mass is 31.2. The van der Waals surface area contributed by atoms with Gasteiger partial charge in [0.05, 0.1) is 17.7 Å². The Morgan fingerprint density at radius 3 is 1.92 bits per heavy atom. The Morgan fingerprint density at radius 1 is 1.31 bits per heavy atom. The summed E-state index contributed by atoms with van der Waals surface area (Å²) in [5.74, 6) is 0.706. The van der Waals surface area contributed by atoms with Gasteiger partial charge in [-0.2, -0.15) is 0 Å². The molecule has 0 atom stereocenters. The predicted molar refractivity (Wildman–Crippen MR) is 54.5 cm³/mol. The fraction of sp³-hybridized carbons (Fsp3) is 0.333. The van der Waals surface area contributed by atoms with E-state index in [1.54, 1.807) is 13.8 Å². The lowest BCUT2D eigenvalue weighted by molar-refractivity contribution is 0.295. The van der Waals surface area contributed by atoms with E-state index in [1.165, 1.54) is 6.08 Å². The molecule has 4 heteroatoms. The van der Waals surface area contributed by atoms with Crippen molar-refractivity contribution in [3.63, 3.8) is 0 Å². The Kier molecular flexibility index (Phi) is 4.57. The Hall–Kier alpha value is -0.950. The monoisotopic (exact) mass is 202 g/mol. The summed E-state index contributed by atoms with van der Waals surface area (Å²) in [4.78, 5) is 0. The molecular weight excluding hydrogens is 187 g/mol. The molecule has 74 valence electrons. The van der Waals surface area contributed by atoms with Crippen molar-refractivity contribution in [2.45, 2.75) is 13.8 Å². The molecular formula is C9H15O3P. The maximum absolute atomic E-state index is 11.8. The molecule has 0 aliphatic heterocycles. The van der Waals surface area contributed by atoms with Crippen LogP contribution in [0.1, 0.15) is 13.8 Å². The van der Waals surface area contributed by atoms with Gasteiger partial charge in [0.1, 0.15) is 0 Å². The lowest BCUT2D eigenvalue weighted by Gasteiger charge is -2.18. The van der Waals surface area contributed by atoms with E-state index in [4.69, 9.17) is 9.05 Å². The van der Waals surface area contributed by atoms with Gasteiger partial charge < -0.3 is 9.05 Å². The minimum atomic E-state index is -3.15. The summed E-state index contributed by atoms with van der Waals surface area (Å²) in [6.07, 6.45) is 1.62. The molecule has 0 bridgehead atoms. The molecule has 0 rings (SSSR count). The van der Waals surface area contributed by atoms with Gasteiger partial charge in [-0.3, -0.25) is 0 Å². The first-order valence-corrected chi connectivity index (χ1v) is 5.52. The van der Waals surface area contributed by atoms with E-state index < -0.39 is 7.60 Å². The van der Waals surface area contributed by atoms with Crippen molar-refractivity contribution < 1.29 is 13.6 Å². The quantitative estimate of drug-likeness (QED) is 0.376. The van der Waals surface area contributed by atoms with Crippen LogP contribution in [0.4, 0.5) is 0 Å². The first-order valence-electron chi connectivity index (χ1n) is 3.80. The highest BCUT2D eigenvalue weighted by molar-refractivity contribution is 7.54. The molecule has 0 spiro atoms. The van der Waals surface area contributed by atoms with Gasteiger partial charge in [0.15, 0.2) is 0 Å². The van der Waals surface area contributed by atoms with Gasteiger partial charge in [-0.05, 0) is 13.8 Å². The molecule has 0 aromatic carbocycles. The second kappa shape index (κ2) is 4.93. The van der Waals surface area contributed by atoms with Gasteiger partial charge in [0, 0.05) is 0 Å². The Labute approximate surface area is 79.3 Å². The van der Waals surface area contributed by atoms with Crippen molar-refractivity contribution in [2.75, 3.05) is 6.16 Å². The summed E-state index contributed by atoms with van der Waals surface area (Å²) < 4.78 is 21.8.